The van der Waals surface area contributed by atoms with Gasteiger partial charge in [0.1, 0.15) is 0 Å². The smallest absolute Gasteiger partial charge is 0.195 e. The lowest BCUT2D eigenvalue weighted by atomic mass is 10.1. The van der Waals surface area contributed by atoms with Crippen LogP contribution < -0.4 is 5.43 Å². The van der Waals surface area contributed by atoms with E-state index in [1.807, 2.05) is 115 Å². The molecule has 0 amide bonds. The van der Waals surface area contributed by atoms with Crippen LogP contribution in [0.5, 0.6) is 0 Å². The Morgan fingerprint density at radius 2 is 1.10 bits per heavy atom. The molecule has 0 aliphatic carbocycles. The number of carbonyl (C=O) groups is 1. The summed E-state index contributed by atoms with van der Waals surface area (Å²) in [7, 11) is 0. The second kappa shape index (κ2) is 9.79. The average molecular weight is 421 g/mol. The second-order valence-electron chi connectivity index (χ2n) is 6.90. The molecule has 0 aliphatic rings. The van der Waals surface area contributed by atoms with Crippen LogP contribution in [-0.2, 0) is 0 Å². The standard InChI is InChI=1S/C15H12O.C13H8OS/c16-15(14-9-5-2-6-10-14)12-11-13-7-3-1-4-8-13;14-13-9-5-1-3-7-11(9)15-12-8-4-2-6-10(12)13/h1-12H;1-8H. The van der Waals surface area contributed by atoms with Gasteiger partial charge in [-0.1, -0.05) is 91.0 Å². The highest BCUT2D eigenvalue weighted by molar-refractivity contribution is 7.24. The van der Waals surface area contributed by atoms with Crippen LogP contribution in [0.3, 0.4) is 0 Å². The van der Waals surface area contributed by atoms with Gasteiger partial charge in [0.15, 0.2) is 11.2 Å². The third-order valence-electron chi connectivity index (χ3n) is 4.77. The predicted molar refractivity (Wildman–Crippen MR) is 132 cm³/mol. The van der Waals surface area contributed by atoms with E-state index in [2.05, 4.69) is 0 Å². The van der Waals surface area contributed by atoms with Gasteiger partial charge in [-0.05, 0) is 35.9 Å². The average Bonchev–Trinajstić information content (AvgIpc) is 2.84. The van der Waals surface area contributed by atoms with Crippen molar-refractivity contribution in [3.05, 3.63) is 137 Å². The zero-order valence-corrected chi connectivity index (χ0v) is 17.6. The quantitative estimate of drug-likeness (QED) is 0.179. The van der Waals surface area contributed by atoms with E-state index in [0.29, 0.717) is 0 Å². The molecule has 0 saturated heterocycles. The largest absolute Gasteiger partial charge is 0.289 e. The SMILES string of the molecule is O=C(C=Cc1ccccc1)c1ccccc1.O=c1c2ccccc2sc2ccccc12. The van der Waals surface area contributed by atoms with Crippen molar-refractivity contribution in [2.24, 2.45) is 0 Å². The number of rotatable bonds is 3. The topological polar surface area (TPSA) is 34.1 Å². The molecule has 0 unspecified atom stereocenters. The Hall–Kier alpha value is -3.82. The minimum Gasteiger partial charge on any atom is -0.289 e. The van der Waals surface area contributed by atoms with E-state index >= 15 is 0 Å². The summed E-state index contributed by atoms with van der Waals surface area (Å²) in [5.74, 6) is 0.0319. The summed E-state index contributed by atoms with van der Waals surface area (Å²) >= 11 is 1.67. The van der Waals surface area contributed by atoms with Crippen molar-refractivity contribution in [3.8, 4) is 0 Å². The van der Waals surface area contributed by atoms with Crippen molar-refractivity contribution < 1.29 is 4.79 Å². The Morgan fingerprint density at radius 1 is 0.613 bits per heavy atom. The van der Waals surface area contributed by atoms with Gasteiger partial charge < -0.3 is 0 Å². The van der Waals surface area contributed by atoms with Gasteiger partial charge in [0.2, 0.25) is 0 Å². The van der Waals surface area contributed by atoms with E-state index in [-0.39, 0.29) is 11.2 Å². The van der Waals surface area contributed by atoms with Gasteiger partial charge in [0.25, 0.3) is 0 Å². The van der Waals surface area contributed by atoms with Gasteiger partial charge in [-0.3, -0.25) is 9.59 Å². The molecule has 0 fully saturated rings. The lowest BCUT2D eigenvalue weighted by molar-refractivity contribution is 0.104. The van der Waals surface area contributed by atoms with Gasteiger partial charge in [-0.15, -0.1) is 11.3 Å². The number of hydrogen-bond acceptors (Lipinski definition) is 3. The van der Waals surface area contributed by atoms with Crippen LogP contribution in [0.15, 0.2) is 120 Å². The molecule has 2 nitrogen and oxygen atoms in total. The van der Waals surface area contributed by atoms with E-state index in [1.165, 1.54) is 0 Å². The van der Waals surface area contributed by atoms with Gasteiger partial charge in [0.05, 0.1) is 0 Å². The first-order valence-electron chi connectivity index (χ1n) is 9.95. The predicted octanol–water partition coefficient (Wildman–Crippen LogP) is 7.00. The third kappa shape index (κ3) is 5.03. The molecule has 0 saturated carbocycles. The number of ketones is 1. The molecule has 5 aromatic rings. The van der Waals surface area contributed by atoms with E-state index in [0.717, 1.165) is 31.3 Å². The molecule has 4 aromatic carbocycles. The first-order chi connectivity index (χ1) is 15.2. The van der Waals surface area contributed by atoms with Gasteiger partial charge in [-0.2, -0.15) is 0 Å². The highest BCUT2D eigenvalue weighted by atomic mass is 32.1. The minimum absolute atomic E-state index is 0.0319. The van der Waals surface area contributed by atoms with Gasteiger partial charge >= 0.3 is 0 Å². The Labute approximate surface area is 184 Å². The van der Waals surface area contributed by atoms with Crippen molar-refractivity contribution in [2.45, 2.75) is 0 Å². The summed E-state index contributed by atoms with van der Waals surface area (Å²) in [4.78, 5) is 23.8. The van der Waals surface area contributed by atoms with Gasteiger partial charge in [-0.25, -0.2) is 0 Å². The third-order valence-corrected chi connectivity index (χ3v) is 5.92. The fourth-order valence-corrected chi connectivity index (χ4v) is 4.26. The molecule has 3 heteroatoms. The molecule has 0 spiro atoms. The lowest BCUT2D eigenvalue weighted by Gasteiger charge is -1.99. The number of benzene rings is 4. The fourth-order valence-electron chi connectivity index (χ4n) is 3.18. The number of hydrogen-bond donors (Lipinski definition) is 0. The van der Waals surface area contributed by atoms with E-state index in [4.69, 9.17) is 0 Å². The van der Waals surface area contributed by atoms with E-state index in [9.17, 15) is 9.59 Å². The summed E-state index contributed by atoms with van der Waals surface area (Å²) in [6.45, 7) is 0. The van der Waals surface area contributed by atoms with Crippen LogP contribution >= 0.6 is 11.3 Å². The zero-order chi connectivity index (χ0) is 21.5. The molecule has 0 N–H and O–H groups in total. The van der Waals surface area contributed by atoms with Crippen LogP contribution in [0.4, 0.5) is 0 Å². The van der Waals surface area contributed by atoms with Gasteiger partial charge in [0, 0.05) is 25.7 Å². The maximum Gasteiger partial charge on any atom is 0.195 e. The van der Waals surface area contributed by atoms with Crippen LogP contribution in [0.25, 0.3) is 26.2 Å². The summed E-state index contributed by atoms with van der Waals surface area (Å²) in [6.07, 6.45) is 3.43. The number of allylic oxidation sites excluding steroid dienone is 1. The molecule has 0 bridgehead atoms. The molecular weight excluding hydrogens is 400 g/mol. The summed E-state index contributed by atoms with van der Waals surface area (Å²) < 4.78 is 2.11. The van der Waals surface area contributed by atoms with Crippen molar-refractivity contribution >= 4 is 43.4 Å². The Kier molecular flexibility index (Phi) is 6.46. The van der Waals surface area contributed by atoms with E-state index < -0.39 is 0 Å². The second-order valence-corrected chi connectivity index (χ2v) is 7.98. The zero-order valence-electron chi connectivity index (χ0n) is 16.8. The summed E-state index contributed by atoms with van der Waals surface area (Å²) in [5.41, 5.74) is 1.89. The maximum absolute atomic E-state index is 12.1. The first-order valence-corrected chi connectivity index (χ1v) is 10.8. The normalized spacial score (nSPS) is 10.7. The molecule has 0 aliphatic heterocycles. The van der Waals surface area contributed by atoms with Crippen LogP contribution in [0, 0.1) is 0 Å². The molecule has 5 rings (SSSR count). The Balaban J connectivity index is 0.000000149. The van der Waals surface area contributed by atoms with Crippen molar-refractivity contribution in [2.75, 3.05) is 0 Å². The molecule has 31 heavy (non-hydrogen) atoms. The van der Waals surface area contributed by atoms with Crippen molar-refractivity contribution in [1.29, 1.82) is 0 Å². The number of fused-ring (bicyclic) bond motifs is 2. The van der Waals surface area contributed by atoms with Crippen LogP contribution in [-0.4, -0.2) is 5.78 Å². The number of carbonyl (C=O) groups excluding carboxylic acids is 1. The lowest BCUT2D eigenvalue weighted by Crippen LogP contribution is -1.99. The fraction of sp³-hybridized carbons (Fsp3) is 0. The molecule has 0 radical (unpaired) electrons. The van der Waals surface area contributed by atoms with Crippen LogP contribution in [0.2, 0.25) is 0 Å². The highest BCUT2D eigenvalue weighted by Crippen LogP contribution is 2.23. The monoisotopic (exact) mass is 420 g/mol. The van der Waals surface area contributed by atoms with Crippen LogP contribution in [0.1, 0.15) is 15.9 Å². The Morgan fingerprint density at radius 3 is 1.68 bits per heavy atom. The summed E-state index contributed by atoms with van der Waals surface area (Å²) in [6, 6.07) is 34.6. The summed E-state index contributed by atoms with van der Waals surface area (Å²) in [5, 5.41) is 1.64. The Bertz CT molecular complexity index is 1340. The van der Waals surface area contributed by atoms with Crippen molar-refractivity contribution in [1.82, 2.24) is 0 Å². The van der Waals surface area contributed by atoms with E-state index in [1.54, 1.807) is 17.4 Å². The first kappa shape index (κ1) is 20.5. The molecular formula is C28H20O2S. The molecule has 1 heterocycles. The van der Waals surface area contributed by atoms with Crippen molar-refractivity contribution in [3.63, 3.8) is 0 Å². The molecule has 1 aromatic heterocycles. The molecule has 150 valence electrons. The highest BCUT2D eigenvalue weighted by Gasteiger charge is 2.03. The maximum atomic E-state index is 12.1. The minimum atomic E-state index is 0.0319. The molecule has 0 atom stereocenters.